The Balaban J connectivity index is 2.12. The number of ether oxygens (including phenoxy) is 1. The molecule has 0 amide bonds. The third-order valence-electron chi connectivity index (χ3n) is 4.22. The lowest BCUT2D eigenvalue weighted by atomic mass is 9.73. The molecular weight excluding hydrogens is 224 g/mol. The van der Waals surface area contributed by atoms with Crippen LogP contribution < -0.4 is 0 Å². The van der Waals surface area contributed by atoms with Crippen LogP contribution in [0.2, 0.25) is 0 Å². The van der Waals surface area contributed by atoms with E-state index in [1.165, 1.54) is 18.4 Å². The second kappa shape index (κ2) is 6.35. The lowest BCUT2D eigenvalue weighted by Crippen LogP contribution is -2.37. The largest absolute Gasteiger partial charge is 0.392 e. The van der Waals surface area contributed by atoms with Crippen LogP contribution in [0.1, 0.15) is 44.6 Å². The highest BCUT2D eigenvalue weighted by Gasteiger charge is 2.41. The molecule has 18 heavy (non-hydrogen) atoms. The van der Waals surface area contributed by atoms with Crippen LogP contribution in [0.15, 0.2) is 30.3 Å². The minimum Gasteiger partial charge on any atom is -0.392 e. The van der Waals surface area contributed by atoms with Crippen molar-refractivity contribution in [2.45, 2.75) is 50.5 Å². The van der Waals surface area contributed by atoms with Crippen LogP contribution >= 0.6 is 0 Å². The van der Waals surface area contributed by atoms with E-state index in [2.05, 4.69) is 24.3 Å². The average molecular weight is 248 g/mol. The summed E-state index contributed by atoms with van der Waals surface area (Å²) in [6.45, 7) is 3.38. The number of hydrogen-bond acceptors (Lipinski definition) is 2. The van der Waals surface area contributed by atoms with E-state index in [1.54, 1.807) is 0 Å². The van der Waals surface area contributed by atoms with E-state index < -0.39 is 0 Å². The van der Waals surface area contributed by atoms with Crippen LogP contribution in [-0.2, 0) is 10.2 Å². The molecule has 1 N–H and O–H groups in total. The van der Waals surface area contributed by atoms with Gasteiger partial charge in [-0.05, 0) is 31.7 Å². The van der Waals surface area contributed by atoms with Gasteiger partial charge in [-0.3, -0.25) is 0 Å². The van der Waals surface area contributed by atoms with Gasteiger partial charge in [0.15, 0.2) is 0 Å². The van der Waals surface area contributed by atoms with Gasteiger partial charge in [-0.1, -0.05) is 43.2 Å². The molecule has 0 heterocycles. The second-order valence-corrected chi connectivity index (χ2v) is 5.23. The summed E-state index contributed by atoms with van der Waals surface area (Å²) in [5, 5.41) is 10.6. The third kappa shape index (κ3) is 2.76. The number of benzene rings is 1. The van der Waals surface area contributed by atoms with Crippen molar-refractivity contribution < 1.29 is 9.84 Å². The molecular formula is C16H24O2. The zero-order valence-corrected chi connectivity index (χ0v) is 11.3. The Kier molecular flexibility index (Phi) is 4.79. The molecule has 2 heteroatoms. The molecule has 1 fully saturated rings. The van der Waals surface area contributed by atoms with E-state index >= 15 is 0 Å². The molecule has 1 aliphatic rings. The molecule has 0 aliphatic heterocycles. The predicted molar refractivity (Wildman–Crippen MR) is 73.7 cm³/mol. The van der Waals surface area contributed by atoms with Crippen LogP contribution in [0, 0.1) is 0 Å². The summed E-state index contributed by atoms with van der Waals surface area (Å²) < 4.78 is 5.38. The Hall–Kier alpha value is -0.860. The highest BCUT2D eigenvalue weighted by Crippen LogP contribution is 2.44. The van der Waals surface area contributed by atoms with E-state index in [-0.39, 0.29) is 11.5 Å². The lowest BCUT2D eigenvalue weighted by molar-refractivity contribution is 0.0386. The van der Waals surface area contributed by atoms with Crippen molar-refractivity contribution in [1.82, 2.24) is 0 Å². The number of aliphatic hydroxyl groups is 1. The number of hydrogen-bond donors (Lipinski definition) is 1. The first kappa shape index (κ1) is 13.6. The quantitative estimate of drug-likeness (QED) is 0.783. The van der Waals surface area contributed by atoms with Crippen molar-refractivity contribution in [3.8, 4) is 0 Å². The highest BCUT2D eigenvalue weighted by molar-refractivity contribution is 5.28. The van der Waals surface area contributed by atoms with Gasteiger partial charge in [0.2, 0.25) is 0 Å². The molecule has 0 spiro atoms. The molecule has 1 saturated carbocycles. The minimum absolute atomic E-state index is 0.0294. The topological polar surface area (TPSA) is 29.5 Å². The van der Waals surface area contributed by atoms with Gasteiger partial charge in [0.05, 0.1) is 6.10 Å². The highest BCUT2D eigenvalue weighted by atomic mass is 16.5. The Labute approximate surface area is 110 Å². The molecule has 1 atom stereocenters. The van der Waals surface area contributed by atoms with E-state index in [0.717, 1.165) is 25.9 Å². The normalized spacial score (nSPS) is 19.9. The zero-order chi connectivity index (χ0) is 12.8. The lowest BCUT2D eigenvalue weighted by Gasteiger charge is -2.35. The molecule has 0 bridgehead atoms. The Morgan fingerprint density at radius 2 is 1.89 bits per heavy atom. The molecule has 1 aromatic carbocycles. The van der Waals surface area contributed by atoms with Crippen molar-refractivity contribution in [3.63, 3.8) is 0 Å². The van der Waals surface area contributed by atoms with Crippen LogP contribution in [0.3, 0.4) is 0 Å². The maximum absolute atomic E-state index is 10.6. The predicted octanol–water partition coefficient (Wildman–Crippen LogP) is 3.29. The standard InChI is InChI=1S/C16H24O2/c1-2-18-13-10-15(17)16(11-6-7-12-16)14-8-4-3-5-9-14/h3-5,8-9,15,17H,2,6-7,10-13H2,1H3. The summed E-state index contributed by atoms with van der Waals surface area (Å²) in [6, 6.07) is 10.5. The molecule has 2 nitrogen and oxygen atoms in total. The smallest absolute Gasteiger partial charge is 0.0658 e. The van der Waals surface area contributed by atoms with E-state index in [4.69, 9.17) is 4.74 Å². The van der Waals surface area contributed by atoms with Gasteiger partial charge in [0.25, 0.3) is 0 Å². The summed E-state index contributed by atoms with van der Waals surface area (Å²) >= 11 is 0. The van der Waals surface area contributed by atoms with Crippen LogP contribution in [0.4, 0.5) is 0 Å². The molecule has 1 aliphatic carbocycles. The van der Waals surface area contributed by atoms with Gasteiger partial charge in [-0.2, -0.15) is 0 Å². The first-order chi connectivity index (χ1) is 8.79. The Bertz CT molecular complexity index is 341. The summed E-state index contributed by atoms with van der Waals surface area (Å²) in [7, 11) is 0. The maximum atomic E-state index is 10.6. The molecule has 1 unspecified atom stereocenters. The maximum Gasteiger partial charge on any atom is 0.0658 e. The fraction of sp³-hybridized carbons (Fsp3) is 0.625. The number of rotatable bonds is 6. The van der Waals surface area contributed by atoms with E-state index in [9.17, 15) is 5.11 Å². The summed E-state index contributed by atoms with van der Waals surface area (Å²) in [5.74, 6) is 0. The Morgan fingerprint density at radius 1 is 1.22 bits per heavy atom. The molecule has 1 aromatic rings. The van der Waals surface area contributed by atoms with Crippen molar-refractivity contribution in [2.75, 3.05) is 13.2 Å². The van der Waals surface area contributed by atoms with Gasteiger partial charge < -0.3 is 9.84 Å². The minimum atomic E-state index is -0.283. The van der Waals surface area contributed by atoms with Gasteiger partial charge >= 0.3 is 0 Å². The monoisotopic (exact) mass is 248 g/mol. The van der Waals surface area contributed by atoms with Crippen molar-refractivity contribution in [1.29, 1.82) is 0 Å². The van der Waals surface area contributed by atoms with Crippen molar-refractivity contribution in [2.24, 2.45) is 0 Å². The van der Waals surface area contributed by atoms with Gasteiger partial charge in [0, 0.05) is 18.6 Å². The Morgan fingerprint density at radius 3 is 2.50 bits per heavy atom. The van der Waals surface area contributed by atoms with Crippen molar-refractivity contribution in [3.05, 3.63) is 35.9 Å². The van der Waals surface area contributed by atoms with Crippen LogP contribution in [0.25, 0.3) is 0 Å². The first-order valence-electron chi connectivity index (χ1n) is 7.11. The van der Waals surface area contributed by atoms with E-state index in [0.29, 0.717) is 6.61 Å². The average Bonchev–Trinajstić information content (AvgIpc) is 2.90. The van der Waals surface area contributed by atoms with Gasteiger partial charge in [-0.15, -0.1) is 0 Å². The molecule has 100 valence electrons. The van der Waals surface area contributed by atoms with Crippen molar-refractivity contribution >= 4 is 0 Å². The molecule has 0 aromatic heterocycles. The van der Waals surface area contributed by atoms with E-state index in [1.807, 2.05) is 13.0 Å². The zero-order valence-electron chi connectivity index (χ0n) is 11.3. The van der Waals surface area contributed by atoms with Crippen LogP contribution in [0.5, 0.6) is 0 Å². The van der Waals surface area contributed by atoms with Gasteiger partial charge in [0.1, 0.15) is 0 Å². The second-order valence-electron chi connectivity index (χ2n) is 5.23. The fourth-order valence-electron chi connectivity index (χ4n) is 3.21. The summed E-state index contributed by atoms with van der Waals surface area (Å²) in [5.41, 5.74) is 1.27. The molecule has 0 radical (unpaired) electrons. The SMILES string of the molecule is CCOCCC(O)C1(c2ccccc2)CCCC1. The fourth-order valence-corrected chi connectivity index (χ4v) is 3.21. The summed E-state index contributed by atoms with van der Waals surface area (Å²) in [4.78, 5) is 0. The first-order valence-corrected chi connectivity index (χ1v) is 7.11. The third-order valence-corrected chi connectivity index (χ3v) is 4.22. The van der Waals surface area contributed by atoms with Gasteiger partial charge in [-0.25, -0.2) is 0 Å². The van der Waals surface area contributed by atoms with Crippen LogP contribution in [-0.4, -0.2) is 24.4 Å². The molecule has 0 saturated heterocycles. The summed E-state index contributed by atoms with van der Waals surface area (Å²) in [6.07, 6.45) is 5.10. The molecule has 2 rings (SSSR count). The number of aliphatic hydroxyl groups excluding tert-OH is 1.